The van der Waals surface area contributed by atoms with Gasteiger partial charge in [0.1, 0.15) is 5.15 Å². The summed E-state index contributed by atoms with van der Waals surface area (Å²) in [5.74, 6) is 0.374. The molecule has 86 valence electrons. The van der Waals surface area contributed by atoms with Crippen LogP contribution < -0.4 is 0 Å². The molecule has 0 radical (unpaired) electrons. The van der Waals surface area contributed by atoms with Crippen LogP contribution in [0.5, 0.6) is 0 Å². The molecule has 2 rings (SSSR count). The van der Waals surface area contributed by atoms with E-state index in [1.54, 1.807) is 12.3 Å². The predicted octanol–water partition coefficient (Wildman–Crippen LogP) is 2.58. The molecule has 16 heavy (non-hydrogen) atoms. The van der Waals surface area contributed by atoms with E-state index in [0.29, 0.717) is 11.1 Å². The lowest BCUT2D eigenvalue weighted by molar-refractivity contribution is -0.153. The molecule has 0 aromatic carbocycles. The summed E-state index contributed by atoms with van der Waals surface area (Å²) in [5.41, 5.74) is 0.415. The van der Waals surface area contributed by atoms with E-state index in [9.17, 15) is 4.79 Å². The number of nitrogens with zero attached hydrogens (tertiary/aromatic N) is 1. The molecule has 1 heterocycles. The Balaban J connectivity index is 2.37. The van der Waals surface area contributed by atoms with Gasteiger partial charge in [0, 0.05) is 6.20 Å². The second kappa shape index (κ2) is 4.06. The Hall–Kier alpha value is -1.09. The van der Waals surface area contributed by atoms with Gasteiger partial charge in [0.15, 0.2) is 0 Å². The predicted molar refractivity (Wildman–Crippen MR) is 61.3 cm³/mol. The third kappa shape index (κ3) is 1.69. The van der Waals surface area contributed by atoms with Crippen LogP contribution in [-0.2, 0) is 14.9 Å². The third-order valence-corrected chi connectivity index (χ3v) is 3.46. The summed E-state index contributed by atoms with van der Waals surface area (Å²) in [7, 11) is 1.43. The number of methoxy groups -OCH3 is 1. The van der Waals surface area contributed by atoms with Crippen LogP contribution in [0.4, 0.5) is 0 Å². The average molecular weight is 240 g/mol. The zero-order valence-corrected chi connectivity index (χ0v) is 10.1. The number of hydrogen-bond donors (Lipinski definition) is 0. The molecule has 0 saturated heterocycles. The van der Waals surface area contributed by atoms with Crippen molar-refractivity contribution in [2.24, 2.45) is 5.92 Å². The first-order valence-corrected chi connectivity index (χ1v) is 5.67. The molecule has 3 nitrogen and oxygen atoms in total. The van der Waals surface area contributed by atoms with E-state index in [0.717, 1.165) is 18.4 Å². The van der Waals surface area contributed by atoms with Crippen molar-refractivity contribution in [2.45, 2.75) is 25.2 Å². The summed E-state index contributed by atoms with van der Waals surface area (Å²) in [5, 5.41) is 0.417. The van der Waals surface area contributed by atoms with Gasteiger partial charge >= 0.3 is 5.97 Å². The van der Waals surface area contributed by atoms with Crippen molar-refractivity contribution in [1.29, 1.82) is 0 Å². The Kier molecular flexibility index (Phi) is 2.89. The highest BCUT2D eigenvalue weighted by Crippen LogP contribution is 2.48. The van der Waals surface area contributed by atoms with Crippen LogP contribution in [0.3, 0.4) is 0 Å². The minimum Gasteiger partial charge on any atom is -0.468 e. The standard InChI is InChI=1S/C12H14ClNO2/c1-8-6-12(7-8,11(15)16-2)9-3-4-14-10(13)5-9/h3-5,8H,6-7H2,1-2H3. The van der Waals surface area contributed by atoms with Crippen LogP contribution in [0.1, 0.15) is 25.3 Å². The molecule has 0 unspecified atom stereocenters. The van der Waals surface area contributed by atoms with Gasteiger partial charge in [0.2, 0.25) is 0 Å². The number of carbonyl (C=O) groups excluding carboxylic acids is 1. The number of aromatic nitrogens is 1. The first kappa shape index (κ1) is 11.4. The maximum absolute atomic E-state index is 11.9. The Labute approximate surface area is 99.8 Å². The molecule has 0 N–H and O–H groups in total. The highest BCUT2D eigenvalue weighted by atomic mass is 35.5. The minimum atomic E-state index is -0.499. The van der Waals surface area contributed by atoms with Gasteiger partial charge in [-0.2, -0.15) is 0 Å². The first-order chi connectivity index (χ1) is 7.58. The fourth-order valence-corrected chi connectivity index (χ4v) is 2.72. The third-order valence-electron chi connectivity index (χ3n) is 3.25. The quantitative estimate of drug-likeness (QED) is 0.588. The van der Waals surface area contributed by atoms with Gasteiger partial charge in [-0.3, -0.25) is 4.79 Å². The lowest BCUT2D eigenvalue weighted by Crippen LogP contribution is -2.47. The molecule has 0 bridgehead atoms. The Morgan fingerprint density at radius 2 is 2.31 bits per heavy atom. The number of carbonyl (C=O) groups is 1. The molecule has 0 aliphatic heterocycles. The highest BCUT2D eigenvalue weighted by molar-refractivity contribution is 6.29. The van der Waals surface area contributed by atoms with Gasteiger partial charge in [0.05, 0.1) is 12.5 Å². The number of halogens is 1. The topological polar surface area (TPSA) is 39.2 Å². The summed E-state index contributed by atoms with van der Waals surface area (Å²) in [6.07, 6.45) is 3.27. The van der Waals surface area contributed by atoms with Gasteiger partial charge in [-0.05, 0) is 36.5 Å². The minimum absolute atomic E-state index is 0.173. The van der Waals surface area contributed by atoms with E-state index in [-0.39, 0.29) is 5.97 Å². The van der Waals surface area contributed by atoms with Crippen LogP contribution in [-0.4, -0.2) is 18.1 Å². The van der Waals surface area contributed by atoms with E-state index >= 15 is 0 Å². The Morgan fingerprint density at radius 3 is 2.81 bits per heavy atom. The number of hydrogen-bond acceptors (Lipinski definition) is 3. The average Bonchev–Trinajstić information content (AvgIpc) is 2.23. The van der Waals surface area contributed by atoms with Crippen molar-refractivity contribution in [1.82, 2.24) is 4.98 Å². The van der Waals surface area contributed by atoms with Crippen LogP contribution >= 0.6 is 11.6 Å². The van der Waals surface area contributed by atoms with Crippen LogP contribution in [0.25, 0.3) is 0 Å². The lowest BCUT2D eigenvalue weighted by Gasteiger charge is -2.44. The van der Waals surface area contributed by atoms with Crippen molar-refractivity contribution in [3.8, 4) is 0 Å². The maximum atomic E-state index is 11.9. The molecule has 1 aromatic heterocycles. The van der Waals surface area contributed by atoms with Crippen LogP contribution in [0.15, 0.2) is 18.3 Å². The molecule has 4 heteroatoms. The van der Waals surface area contributed by atoms with E-state index in [2.05, 4.69) is 11.9 Å². The second-order valence-electron chi connectivity index (χ2n) is 4.45. The lowest BCUT2D eigenvalue weighted by atomic mass is 9.59. The van der Waals surface area contributed by atoms with Crippen molar-refractivity contribution in [3.63, 3.8) is 0 Å². The normalized spacial score (nSPS) is 28.3. The Morgan fingerprint density at radius 1 is 1.62 bits per heavy atom. The van der Waals surface area contributed by atoms with E-state index < -0.39 is 5.41 Å². The molecule has 0 atom stereocenters. The molecule has 1 aromatic rings. The molecule has 1 fully saturated rings. The van der Waals surface area contributed by atoms with E-state index in [1.807, 2.05) is 6.07 Å². The Bertz CT molecular complexity index is 413. The smallest absolute Gasteiger partial charge is 0.316 e. The van der Waals surface area contributed by atoms with Gasteiger partial charge in [-0.15, -0.1) is 0 Å². The molecular weight excluding hydrogens is 226 g/mol. The summed E-state index contributed by atoms with van der Waals surface area (Å²) in [6.45, 7) is 2.13. The number of esters is 1. The molecule has 1 saturated carbocycles. The fourth-order valence-electron chi connectivity index (χ4n) is 2.55. The van der Waals surface area contributed by atoms with E-state index in [4.69, 9.17) is 16.3 Å². The SMILES string of the molecule is COC(=O)C1(c2ccnc(Cl)c2)CC(C)C1. The number of pyridine rings is 1. The van der Waals surface area contributed by atoms with Gasteiger partial charge in [-0.25, -0.2) is 4.98 Å². The zero-order chi connectivity index (χ0) is 11.8. The van der Waals surface area contributed by atoms with E-state index in [1.165, 1.54) is 7.11 Å². The van der Waals surface area contributed by atoms with Crippen LogP contribution in [0.2, 0.25) is 5.15 Å². The first-order valence-electron chi connectivity index (χ1n) is 5.29. The fraction of sp³-hybridized carbons (Fsp3) is 0.500. The molecule has 1 aliphatic carbocycles. The van der Waals surface area contributed by atoms with Gasteiger partial charge in [-0.1, -0.05) is 18.5 Å². The summed E-state index contributed by atoms with van der Waals surface area (Å²) >= 11 is 5.85. The highest BCUT2D eigenvalue weighted by Gasteiger charge is 2.50. The number of rotatable bonds is 2. The van der Waals surface area contributed by atoms with Crippen molar-refractivity contribution in [3.05, 3.63) is 29.0 Å². The number of ether oxygens (including phenoxy) is 1. The monoisotopic (exact) mass is 239 g/mol. The van der Waals surface area contributed by atoms with Crippen molar-refractivity contribution in [2.75, 3.05) is 7.11 Å². The molecular formula is C12H14ClNO2. The van der Waals surface area contributed by atoms with Gasteiger partial charge in [0.25, 0.3) is 0 Å². The van der Waals surface area contributed by atoms with Crippen molar-refractivity contribution < 1.29 is 9.53 Å². The molecule has 1 aliphatic rings. The van der Waals surface area contributed by atoms with Crippen LogP contribution in [0, 0.1) is 5.92 Å². The second-order valence-corrected chi connectivity index (χ2v) is 4.84. The molecule has 0 amide bonds. The summed E-state index contributed by atoms with van der Waals surface area (Å²) < 4.78 is 4.90. The summed E-state index contributed by atoms with van der Waals surface area (Å²) in [4.78, 5) is 15.8. The van der Waals surface area contributed by atoms with Crippen molar-refractivity contribution >= 4 is 17.6 Å². The zero-order valence-electron chi connectivity index (χ0n) is 9.37. The largest absolute Gasteiger partial charge is 0.468 e. The van der Waals surface area contributed by atoms with Gasteiger partial charge < -0.3 is 4.74 Å². The molecule has 0 spiro atoms. The maximum Gasteiger partial charge on any atom is 0.316 e. The summed E-state index contributed by atoms with van der Waals surface area (Å²) in [6, 6.07) is 3.60.